The number of pyridine rings is 1. The molecule has 0 saturated carbocycles. The van der Waals surface area contributed by atoms with Gasteiger partial charge in [0.2, 0.25) is 0 Å². The number of hydrogen-bond acceptors (Lipinski definition) is 3. The SMILES string of the molecule is O=C1COC(c2nccc3ccccc23)C1. The van der Waals surface area contributed by atoms with Crippen molar-refractivity contribution in [1.29, 1.82) is 0 Å². The lowest BCUT2D eigenvalue weighted by Gasteiger charge is -2.10. The Labute approximate surface area is 93.1 Å². The lowest BCUT2D eigenvalue weighted by molar-refractivity contribution is -0.117. The van der Waals surface area contributed by atoms with Gasteiger partial charge in [-0.25, -0.2) is 0 Å². The highest BCUT2D eigenvalue weighted by Crippen LogP contribution is 2.30. The molecule has 1 aromatic heterocycles. The minimum Gasteiger partial charge on any atom is -0.364 e. The number of carbonyl (C=O) groups is 1. The highest BCUT2D eigenvalue weighted by molar-refractivity contribution is 5.87. The van der Waals surface area contributed by atoms with Gasteiger partial charge in [-0.2, -0.15) is 0 Å². The fraction of sp³-hybridized carbons (Fsp3) is 0.231. The van der Waals surface area contributed by atoms with Crippen LogP contribution in [0.15, 0.2) is 36.5 Å². The number of ketones is 1. The van der Waals surface area contributed by atoms with E-state index >= 15 is 0 Å². The lowest BCUT2D eigenvalue weighted by atomic mass is 10.0. The minimum absolute atomic E-state index is 0.153. The van der Waals surface area contributed by atoms with Crippen molar-refractivity contribution in [3.63, 3.8) is 0 Å². The highest BCUT2D eigenvalue weighted by atomic mass is 16.5. The van der Waals surface area contributed by atoms with Crippen LogP contribution in [-0.4, -0.2) is 17.4 Å². The van der Waals surface area contributed by atoms with Gasteiger partial charge in [-0.3, -0.25) is 9.78 Å². The molecule has 1 atom stereocenters. The number of hydrogen-bond donors (Lipinski definition) is 0. The van der Waals surface area contributed by atoms with E-state index in [1.807, 2.05) is 30.3 Å². The number of ether oxygens (including phenoxy) is 1. The summed E-state index contributed by atoms with van der Waals surface area (Å²) in [5, 5.41) is 2.21. The molecule has 0 aliphatic carbocycles. The fourth-order valence-electron chi connectivity index (χ4n) is 2.09. The Kier molecular flexibility index (Phi) is 2.18. The van der Waals surface area contributed by atoms with Crippen molar-refractivity contribution in [2.45, 2.75) is 12.5 Å². The fourth-order valence-corrected chi connectivity index (χ4v) is 2.09. The monoisotopic (exact) mass is 213 g/mol. The molecule has 1 unspecified atom stereocenters. The number of rotatable bonds is 1. The van der Waals surface area contributed by atoms with E-state index in [1.54, 1.807) is 6.20 Å². The van der Waals surface area contributed by atoms with Gasteiger partial charge in [0.1, 0.15) is 12.7 Å². The van der Waals surface area contributed by atoms with E-state index < -0.39 is 0 Å². The summed E-state index contributed by atoms with van der Waals surface area (Å²) < 4.78 is 5.45. The van der Waals surface area contributed by atoms with Crippen LogP contribution in [0.2, 0.25) is 0 Å². The van der Waals surface area contributed by atoms with Gasteiger partial charge in [-0.15, -0.1) is 0 Å². The maximum atomic E-state index is 11.2. The van der Waals surface area contributed by atoms with Gasteiger partial charge in [0.05, 0.1) is 5.69 Å². The molecule has 0 amide bonds. The Morgan fingerprint density at radius 3 is 2.94 bits per heavy atom. The van der Waals surface area contributed by atoms with E-state index in [0.29, 0.717) is 6.42 Å². The molecule has 80 valence electrons. The first-order valence-electron chi connectivity index (χ1n) is 5.31. The molecule has 16 heavy (non-hydrogen) atoms. The molecule has 1 fully saturated rings. The topological polar surface area (TPSA) is 39.2 Å². The number of benzene rings is 1. The Hall–Kier alpha value is -1.74. The maximum absolute atomic E-state index is 11.2. The summed E-state index contributed by atoms with van der Waals surface area (Å²) in [6.45, 7) is 0.218. The normalized spacial score (nSPS) is 20.5. The van der Waals surface area contributed by atoms with Crippen LogP contribution in [0.4, 0.5) is 0 Å². The van der Waals surface area contributed by atoms with Crippen molar-refractivity contribution in [2.75, 3.05) is 6.61 Å². The number of nitrogens with zero attached hydrogens (tertiary/aromatic N) is 1. The molecule has 1 saturated heterocycles. The van der Waals surface area contributed by atoms with Crippen LogP contribution in [-0.2, 0) is 9.53 Å². The van der Waals surface area contributed by atoms with E-state index in [1.165, 1.54) is 0 Å². The molecule has 1 aromatic carbocycles. The third-order valence-electron chi connectivity index (χ3n) is 2.87. The summed E-state index contributed by atoms with van der Waals surface area (Å²) in [5.41, 5.74) is 0.879. The molecule has 1 aliphatic rings. The average molecular weight is 213 g/mol. The first-order valence-corrected chi connectivity index (χ1v) is 5.31. The molecule has 0 radical (unpaired) electrons. The number of Topliss-reactive ketones (excluding diaryl/α,β-unsaturated/α-hetero) is 1. The summed E-state index contributed by atoms with van der Waals surface area (Å²) >= 11 is 0. The second-order valence-corrected chi connectivity index (χ2v) is 3.96. The molecule has 2 heterocycles. The smallest absolute Gasteiger partial charge is 0.161 e. The summed E-state index contributed by atoms with van der Waals surface area (Å²) in [6.07, 6.45) is 2.05. The number of aromatic nitrogens is 1. The Morgan fingerprint density at radius 2 is 2.12 bits per heavy atom. The quantitative estimate of drug-likeness (QED) is 0.729. The van der Waals surface area contributed by atoms with Gasteiger partial charge in [-0.1, -0.05) is 24.3 Å². The van der Waals surface area contributed by atoms with Gasteiger partial charge in [0, 0.05) is 18.0 Å². The summed E-state index contributed by atoms with van der Waals surface area (Å²) in [7, 11) is 0. The Balaban J connectivity index is 2.13. The van der Waals surface area contributed by atoms with Crippen molar-refractivity contribution in [1.82, 2.24) is 4.98 Å². The molecular weight excluding hydrogens is 202 g/mol. The lowest BCUT2D eigenvalue weighted by Crippen LogP contribution is -2.00. The van der Waals surface area contributed by atoms with E-state index in [-0.39, 0.29) is 18.5 Å². The zero-order valence-corrected chi connectivity index (χ0v) is 8.72. The first kappa shape index (κ1) is 9.48. The average Bonchev–Trinajstić information content (AvgIpc) is 2.75. The Bertz CT molecular complexity index is 545. The van der Waals surface area contributed by atoms with Crippen LogP contribution in [0, 0.1) is 0 Å². The second-order valence-electron chi connectivity index (χ2n) is 3.96. The molecule has 0 bridgehead atoms. The van der Waals surface area contributed by atoms with Gasteiger partial charge < -0.3 is 4.74 Å². The zero-order chi connectivity index (χ0) is 11.0. The predicted octanol–water partition coefficient (Wildman–Crippen LogP) is 2.27. The molecule has 2 aromatic rings. The van der Waals surface area contributed by atoms with Crippen LogP contribution in [0.25, 0.3) is 10.8 Å². The molecule has 1 aliphatic heterocycles. The Morgan fingerprint density at radius 1 is 1.25 bits per heavy atom. The van der Waals surface area contributed by atoms with Gasteiger partial charge in [-0.05, 0) is 11.5 Å². The summed E-state index contributed by atoms with van der Waals surface area (Å²) in [6, 6.07) is 9.99. The highest BCUT2D eigenvalue weighted by Gasteiger charge is 2.26. The van der Waals surface area contributed by atoms with Crippen LogP contribution in [0.5, 0.6) is 0 Å². The molecule has 0 spiro atoms. The van der Waals surface area contributed by atoms with Crippen LogP contribution >= 0.6 is 0 Å². The van der Waals surface area contributed by atoms with E-state index in [0.717, 1.165) is 16.5 Å². The van der Waals surface area contributed by atoms with Gasteiger partial charge in [0.25, 0.3) is 0 Å². The maximum Gasteiger partial charge on any atom is 0.161 e. The van der Waals surface area contributed by atoms with Crippen LogP contribution in [0.1, 0.15) is 18.2 Å². The van der Waals surface area contributed by atoms with Gasteiger partial charge in [0.15, 0.2) is 5.78 Å². The standard InChI is InChI=1S/C13H11NO2/c15-10-7-12(16-8-10)13-11-4-2-1-3-9(11)5-6-14-13/h1-6,12H,7-8H2. The summed E-state index contributed by atoms with van der Waals surface area (Å²) in [5.74, 6) is 0.153. The molecule has 3 nitrogen and oxygen atoms in total. The number of fused-ring (bicyclic) bond motifs is 1. The first-order chi connectivity index (χ1) is 7.84. The largest absolute Gasteiger partial charge is 0.364 e. The van der Waals surface area contributed by atoms with Crippen LogP contribution in [0.3, 0.4) is 0 Å². The summed E-state index contributed by atoms with van der Waals surface area (Å²) in [4.78, 5) is 15.6. The third kappa shape index (κ3) is 1.49. The van der Waals surface area contributed by atoms with Crippen molar-refractivity contribution in [2.24, 2.45) is 0 Å². The predicted molar refractivity (Wildman–Crippen MR) is 60.1 cm³/mol. The van der Waals surface area contributed by atoms with Crippen molar-refractivity contribution in [3.8, 4) is 0 Å². The van der Waals surface area contributed by atoms with E-state index in [4.69, 9.17) is 4.74 Å². The van der Waals surface area contributed by atoms with Crippen molar-refractivity contribution >= 4 is 16.6 Å². The van der Waals surface area contributed by atoms with Crippen LogP contribution < -0.4 is 0 Å². The second kappa shape index (κ2) is 3.68. The molecule has 0 N–H and O–H groups in total. The molecule has 3 rings (SSSR count). The van der Waals surface area contributed by atoms with E-state index in [2.05, 4.69) is 4.98 Å². The van der Waals surface area contributed by atoms with E-state index in [9.17, 15) is 4.79 Å². The molecule has 3 heteroatoms. The molecular formula is C13H11NO2. The third-order valence-corrected chi connectivity index (χ3v) is 2.87. The van der Waals surface area contributed by atoms with Gasteiger partial charge >= 0.3 is 0 Å². The van der Waals surface area contributed by atoms with Crippen molar-refractivity contribution in [3.05, 3.63) is 42.2 Å². The number of carbonyl (C=O) groups excluding carboxylic acids is 1. The minimum atomic E-state index is -0.168. The van der Waals surface area contributed by atoms with Crippen molar-refractivity contribution < 1.29 is 9.53 Å². The zero-order valence-electron chi connectivity index (χ0n) is 8.72.